The number of halogens is 1. The number of aliphatic hydroxyl groups is 1. The lowest BCUT2D eigenvalue weighted by molar-refractivity contribution is -0.144. The minimum Gasteiger partial charge on any atom is -0.495 e. The first-order valence-electron chi connectivity index (χ1n) is 23.7. The molecule has 22 heteroatoms. The van der Waals surface area contributed by atoms with E-state index in [1.54, 1.807) is 80.3 Å². The second-order valence-corrected chi connectivity index (χ2v) is 19.9. The number of aromatic nitrogens is 5. The van der Waals surface area contributed by atoms with E-state index in [2.05, 4.69) is 46.5 Å². The number of benzene rings is 3. The molecule has 0 bridgehead atoms. The number of amides is 5. The van der Waals surface area contributed by atoms with Gasteiger partial charge in [0.05, 0.1) is 57.1 Å². The third-order valence-corrected chi connectivity index (χ3v) is 13.7. The van der Waals surface area contributed by atoms with Gasteiger partial charge in [0.25, 0.3) is 11.8 Å². The fraction of sp³-hybridized carbons (Fsp3) is 0.327. The van der Waals surface area contributed by atoms with Gasteiger partial charge in [-0.3, -0.25) is 33.3 Å². The lowest BCUT2D eigenvalue weighted by Gasteiger charge is -2.35. The molecular formula is C52H57FN12O8S. The first kappa shape index (κ1) is 52.1. The molecule has 386 valence electrons. The van der Waals surface area contributed by atoms with Crippen LogP contribution in [0.25, 0.3) is 32.4 Å². The van der Waals surface area contributed by atoms with Crippen LogP contribution in [0.3, 0.4) is 0 Å². The highest BCUT2D eigenvalue weighted by Crippen LogP contribution is 2.35. The summed E-state index contributed by atoms with van der Waals surface area (Å²) < 4.78 is 21.9. The van der Waals surface area contributed by atoms with Gasteiger partial charge in [0.15, 0.2) is 0 Å². The number of nitrogens with one attached hydrogen (secondary N) is 6. The summed E-state index contributed by atoms with van der Waals surface area (Å²) in [6.45, 7) is 7.01. The van der Waals surface area contributed by atoms with Crippen LogP contribution in [0.4, 0.5) is 27.5 Å². The summed E-state index contributed by atoms with van der Waals surface area (Å²) in [4.78, 5) is 101. The first-order valence-corrected chi connectivity index (χ1v) is 24.6. The van der Waals surface area contributed by atoms with Crippen molar-refractivity contribution in [3.8, 4) is 16.2 Å². The number of aryl methyl sites for hydroxylation is 1. The molecule has 1 fully saturated rings. The number of anilines is 4. The van der Waals surface area contributed by atoms with Gasteiger partial charge in [-0.25, -0.2) is 9.37 Å². The Morgan fingerprint density at radius 3 is 2.47 bits per heavy atom. The Bertz CT molecular complexity index is 3270. The highest BCUT2D eigenvalue weighted by Gasteiger charge is 2.44. The molecule has 5 amide bonds. The van der Waals surface area contributed by atoms with Crippen molar-refractivity contribution in [2.75, 3.05) is 44.9 Å². The minimum atomic E-state index is -1.10. The number of likely N-dealkylation sites (N-methyl/N-ethyl adjacent to an activating group) is 1. The van der Waals surface area contributed by atoms with Crippen molar-refractivity contribution in [1.29, 1.82) is 0 Å². The van der Waals surface area contributed by atoms with Crippen molar-refractivity contribution in [1.82, 2.24) is 50.3 Å². The first-order chi connectivity index (χ1) is 35.3. The second kappa shape index (κ2) is 21.9. The Labute approximate surface area is 429 Å². The van der Waals surface area contributed by atoms with E-state index in [4.69, 9.17) is 4.74 Å². The summed E-state index contributed by atoms with van der Waals surface area (Å²) >= 11 is 1.55. The van der Waals surface area contributed by atoms with E-state index in [-0.39, 0.29) is 61.9 Å². The smallest absolute Gasteiger partial charge is 0.256 e. The predicted octanol–water partition coefficient (Wildman–Crippen LogP) is 6.03. The van der Waals surface area contributed by atoms with E-state index in [0.717, 1.165) is 21.7 Å². The zero-order valence-corrected chi connectivity index (χ0v) is 42.6. The molecule has 1 saturated heterocycles. The number of methoxy groups -OCH3 is 1. The van der Waals surface area contributed by atoms with Gasteiger partial charge in [-0.15, -0.1) is 11.3 Å². The number of thiazole rings is 1. The molecule has 3 aromatic carbocycles. The number of ether oxygens (including phenoxy) is 1. The van der Waals surface area contributed by atoms with Crippen LogP contribution >= 0.6 is 11.3 Å². The molecule has 74 heavy (non-hydrogen) atoms. The molecule has 4 aromatic heterocycles. The van der Waals surface area contributed by atoms with Crippen LogP contribution in [-0.4, -0.2) is 127 Å². The SMILES string of the molecule is CNC(=O)c1c(F)cccc1Nc1nc(Nc2cc3c(ccn3C(=O)CN(C)C(=O)CCC(=O)N[C@H](C(=O)N3C[C@H](O)C[C@H]3C(=O)NCc3ccc(-c4scnc4C)cc3)C(C)(C)C)cc2OC)nc2[nH]ccc12. The molecule has 0 radical (unpaired) electrons. The number of nitrogens with zero attached hydrogens (tertiary/aromatic N) is 6. The van der Waals surface area contributed by atoms with Gasteiger partial charge in [0.1, 0.15) is 41.7 Å². The van der Waals surface area contributed by atoms with Crippen molar-refractivity contribution in [2.24, 2.45) is 5.41 Å². The normalized spacial score (nSPS) is 14.9. The monoisotopic (exact) mass is 1030 g/mol. The number of aromatic amines is 1. The molecule has 5 heterocycles. The predicted molar refractivity (Wildman–Crippen MR) is 278 cm³/mol. The number of H-pyrrole nitrogens is 1. The summed E-state index contributed by atoms with van der Waals surface area (Å²) in [7, 11) is 4.33. The molecule has 7 N–H and O–H groups in total. The number of hydrogen-bond acceptors (Lipinski definition) is 14. The van der Waals surface area contributed by atoms with Gasteiger partial charge < -0.3 is 51.2 Å². The van der Waals surface area contributed by atoms with Crippen molar-refractivity contribution in [3.63, 3.8) is 0 Å². The van der Waals surface area contributed by atoms with Gasteiger partial charge in [0, 0.05) is 64.2 Å². The second-order valence-electron chi connectivity index (χ2n) is 19.0. The fourth-order valence-corrected chi connectivity index (χ4v) is 9.57. The Balaban J connectivity index is 0.887. The van der Waals surface area contributed by atoms with Gasteiger partial charge in [-0.2, -0.15) is 9.97 Å². The Morgan fingerprint density at radius 2 is 1.77 bits per heavy atom. The number of likely N-dealkylation sites (tertiary alicyclic amines) is 1. The zero-order valence-electron chi connectivity index (χ0n) is 41.8. The fourth-order valence-electron chi connectivity index (χ4n) is 8.76. The number of hydrogen-bond donors (Lipinski definition) is 7. The van der Waals surface area contributed by atoms with E-state index < -0.39 is 64.9 Å². The number of carbonyl (C=O) groups excluding carboxylic acids is 6. The summed E-state index contributed by atoms with van der Waals surface area (Å²) in [6.07, 6.45) is 1.73. The molecular weight excluding hydrogens is 972 g/mol. The lowest BCUT2D eigenvalue weighted by Crippen LogP contribution is -2.57. The van der Waals surface area contributed by atoms with Crippen LogP contribution < -0.4 is 31.3 Å². The third kappa shape index (κ3) is 11.3. The highest BCUT2D eigenvalue weighted by molar-refractivity contribution is 7.13. The van der Waals surface area contributed by atoms with Crippen molar-refractivity contribution >= 4 is 91.9 Å². The number of carbonyl (C=O) groups is 6. The zero-order chi connectivity index (χ0) is 53.0. The van der Waals surface area contributed by atoms with Crippen LogP contribution in [0.15, 0.2) is 84.6 Å². The van der Waals surface area contributed by atoms with Gasteiger partial charge in [-0.05, 0) is 59.9 Å². The maximum atomic E-state index is 14.9. The number of rotatable bonds is 17. The topological polar surface area (TPSA) is 258 Å². The minimum absolute atomic E-state index is 0.0275. The standard InChI is InChI=1S/C52H57FN12O8S/c1-28-44(74-27-57-28)30-13-11-29(12-14-30)24-56-48(70)38-22-32(66)25-65(38)50(72)45(52(2,3)4)60-40(67)15-16-41(68)63(6)26-42(69)64-20-18-31-21-39(73-7)36(23-37(31)64)59-51-61-46-33(17-19-55-46)47(62-51)58-35-10-8-9-34(53)43(35)49(71)54-5/h8-14,17-21,23,27,32,38,45,66H,15-16,22,24-26H2,1-7H3,(H,54,71)(H,56,70)(H,60,67)(H3,55,58,59,61,62)/t32-,38+,45-/m1/s1. The van der Waals surface area contributed by atoms with E-state index in [1.807, 2.05) is 31.2 Å². The largest absolute Gasteiger partial charge is 0.495 e. The molecule has 1 aliphatic heterocycles. The van der Waals surface area contributed by atoms with E-state index in [0.29, 0.717) is 33.4 Å². The van der Waals surface area contributed by atoms with Crippen LogP contribution in [-0.2, 0) is 25.7 Å². The van der Waals surface area contributed by atoms with Crippen LogP contribution in [0, 0.1) is 18.2 Å². The lowest BCUT2D eigenvalue weighted by atomic mass is 9.85. The maximum Gasteiger partial charge on any atom is 0.256 e. The Kier molecular flexibility index (Phi) is 15.4. The van der Waals surface area contributed by atoms with E-state index in [9.17, 15) is 38.3 Å². The summed E-state index contributed by atoms with van der Waals surface area (Å²) in [5.41, 5.74) is 5.01. The molecule has 1 aliphatic rings. The third-order valence-electron chi connectivity index (χ3n) is 12.7. The van der Waals surface area contributed by atoms with E-state index >= 15 is 0 Å². The molecule has 3 atom stereocenters. The van der Waals surface area contributed by atoms with Crippen molar-refractivity contribution in [3.05, 3.63) is 107 Å². The van der Waals surface area contributed by atoms with Crippen LogP contribution in [0.1, 0.15) is 66.4 Å². The number of fused-ring (bicyclic) bond motifs is 2. The quantitative estimate of drug-likeness (QED) is 0.0551. The Morgan fingerprint density at radius 1 is 1.00 bits per heavy atom. The average Bonchev–Trinajstić information content (AvgIpc) is 4.20. The van der Waals surface area contributed by atoms with Gasteiger partial charge in [-0.1, -0.05) is 51.1 Å². The number of β-amino-alcohol motifs (C(OH)–C–C–N with tert-alkyl or cyclic N) is 1. The highest BCUT2D eigenvalue weighted by atomic mass is 32.1. The molecule has 0 saturated carbocycles. The average molecular weight is 1030 g/mol. The molecule has 7 aromatic rings. The van der Waals surface area contributed by atoms with Crippen LogP contribution in [0.5, 0.6) is 5.75 Å². The maximum absolute atomic E-state index is 14.9. The summed E-state index contributed by atoms with van der Waals surface area (Å²) in [5.74, 6) is -3.13. The van der Waals surface area contributed by atoms with Gasteiger partial charge >= 0.3 is 0 Å². The summed E-state index contributed by atoms with van der Waals surface area (Å²) in [6, 6.07) is 16.7. The van der Waals surface area contributed by atoms with Crippen LogP contribution in [0.2, 0.25) is 0 Å². The van der Waals surface area contributed by atoms with E-state index in [1.165, 1.54) is 47.7 Å². The molecule has 8 rings (SSSR count). The van der Waals surface area contributed by atoms with Gasteiger partial charge in [0.2, 0.25) is 29.6 Å². The Hall–Kier alpha value is -8.24. The molecule has 0 unspecified atom stereocenters. The molecule has 0 spiro atoms. The number of aliphatic hydroxyl groups excluding tert-OH is 1. The molecule has 20 nitrogen and oxygen atoms in total. The van der Waals surface area contributed by atoms with Crippen molar-refractivity contribution < 1.29 is 43.0 Å². The molecule has 0 aliphatic carbocycles. The summed E-state index contributed by atoms with van der Waals surface area (Å²) in [5, 5.41) is 26.2. The van der Waals surface area contributed by atoms with Crippen molar-refractivity contribution in [2.45, 2.75) is 71.7 Å².